The van der Waals surface area contributed by atoms with Crippen molar-refractivity contribution >= 4 is 25.5 Å². The number of aliphatic hydroxyl groups is 2. The molecule has 4 unspecified atom stereocenters. The molecule has 0 aliphatic heterocycles. The standard InChI is InChI=1S/C52H69O11P/c1-36(44-23-24-45-43-22-21-41-29-42(53)27-28-51(41,2)46(43)30-47(54)52(44,45)3)19-25-48(55)60-35-61-49(56)26-20-40(50(57)59-31-37-13-7-4-8-14-37)34-64(58,62-32-38-15-9-5-10-16-38)63-33-39-17-11-6-12-18-39/h4-18,36,40-47,53-54H,19-35H2,1-3H3/t36-,40+,41-,42-,43?,44?,45?,46?,47+,51+,52-/m1/s1. The Hall–Kier alpha value is -3.86. The van der Waals surface area contributed by atoms with E-state index in [-0.39, 0.29) is 74.0 Å². The Morgan fingerprint density at radius 3 is 1.84 bits per heavy atom. The van der Waals surface area contributed by atoms with E-state index >= 15 is 0 Å². The van der Waals surface area contributed by atoms with Crippen molar-refractivity contribution in [1.29, 1.82) is 0 Å². The molecular formula is C52H69O11P. The van der Waals surface area contributed by atoms with Gasteiger partial charge in [0, 0.05) is 12.8 Å². The smallest absolute Gasteiger partial charge is 0.332 e. The van der Waals surface area contributed by atoms with Crippen LogP contribution in [0.3, 0.4) is 0 Å². The normalized spacial score (nSPS) is 29.6. The summed E-state index contributed by atoms with van der Waals surface area (Å²) in [6.07, 6.45) is 7.60. The van der Waals surface area contributed by atoms with Gasteiger partial charge in [-0.05, 0) is 127 Å². The van der Waals surface area contributed by atoms with Crippen molar-refractivity contribution in [2.45, 2.75) is 130 Å². The van der Waals surface area contributed by atoms with Gasteiger partial charge in [0.25, 0.3) is 0 Å². The number of ether oxygens (including phenoxy) is 3. The van der Waals surface area contributed by atoms with Crippen LogP contribution in [-0.4, -0.2) is 53.3 Å². The Balaban J connectivity index is 0.903. The van der Waals surface area contributed by atoms with Gasteiger partial charge in [-0.1, -0.05) is 112 Å². The molecule has 0 aromatic heterocycles. The molecule has 11 atom stereocenters. The van der Waals surface area contributed by atoms with Crippen LogP contribution in [0.4, 0.5) is 0 Å². The average molecular weight is 901 g/mol. The van der Waals surface area contributed by atoms with Crippen LogP contribution in [0.25, 0.3) is 0 Å². The minimum atomic E-state index is -3.95. The Bertz CT molecular complexity index is 1980. The lowest BCUT2D eigenvalue weighted by atomic mass is 9.43. The Morgan fingerprint density at radius 1 is 0.688 bits per heavy atom. The first kappa shape index (κ1) is 48.1. The molecule has 0 bridgehead atoms. The molecule has 3 aromatic carbocycles. The highest BCUT2D eigenvalue weighted by molar-refractivity contribution is 7.53. The summed E-state index contributed by atoms with van der Waals surface area (Å²) in [6.45, 7) is 6.32. The second kappa shape index (κ2) is 21.6. The second-order valence-corrected chi connectivity index (χ2v) is 21.8. The molecule has 0 saturated heterocycles. The van der Waals surface area contributed by atoms with Crippen LogP contribution in [0.5, 0.6) is 0 Å². The third-order valence-corrected chi connectivity index (χ3v) is 17.9. The number of rotatable bonds is 20. The molecule has 4 aliphatic rings. The number of esters is 3. The molecule has 0 heterocycles. The monoisotopic (exact) mass is 900 g/mol. The molecular weight excluding hydrogens is 832 g/mol. The van der Waals surface area contributed by atoms with Gasteiger partial charge >= 0.3 is 25.5 Å². The Morgan fingerprint density at radius 2 is 1.25 bits per heavy atom. The van der Waals surface area contributed by atoms with E-state index in [9.17, 15) is 29.2 Å². The highest BCUT2D eigenvalue weighted by Crippen LogP contribution is 2.68. The third-order valence-electron chi connectivity index (χ3n) is 16.0. The lowest BCUT2D eigenvalue weighted by molar-refractivity contribution is -0.175. The van der Waals surface area contributed by atoms with Crippen molar-refractivity contribution in [3.8, 4) is 0 Å². The van der Waals surface area contributed by atoms with Gasteiger partial charge in [-0.15, -0.1) is 0 Å². The average Bonchev–Trinajstić information content (AvgIpc) is 3.67. The number of fused-ring (bicyclic) bond motifs is 5. The van der Waals surface area contributed by atoms with Gasteiger partial charge in [-0.25, -0.2) is 0 Å². The van der Waals surface area contributed by atoms with Gasteiger partial charge in [0.15, 0.2) is 0 Å². The lowest BCUT2D eigenvalue weighted by Gasteiger charge is -2.62. The van der Waals surface area contributed by atoms with Crippen molar-refractivity contribution in [1.82, 2.24) is 0 Å². The summed E-state index contributed by atoms with van der Waals surface area (Å²) in [6, 6.07) is 27.7. The molecule has 64 heavy (non-hydrogen) atoms. The quantitative estimate of drug-likeness (QED) is 0.0632. The van der Waals surface area contributed by atoms with Crippen molar-refractivity contribution in [2.75, 3.05) is 13.0 Å². The highest BCUT2D eigenvalue weighted by Gasteiger charge is 2.63. The number of benzene rings is 3. The zero-order valence-electron chi connectivity index (χ0n) is 37.9. The number of hydrogen-bond donors (Lipinski definition) is 2. The van der Waals surface area contributed by atoms with Crippen LogP contribution in [0.1, 0.15) is 115 Å². The van der Waals surface area contributed by atoms with Crippen LogP contribution in [0.2, 0.25) is 0 Å². The molecule has 3 aromatic rings. The van der Waals surface area contributed by atoms with Gasteiger partial charge < -0.3 is 33.5 Å². The van der Waals surface area contributed by atoms with E-state index in [0.717, 1.165) is 61.6 Å². The summed E-state index contributed by atoms with van der Waals surface area (Å²) in [7, 11) is -3.95. The summed E-state index contributed by atoms with van der Waals surface area (Å²) < 4.78 is 42.7. The summed E-state index contributed by atoms with van der Waals surface area (Å²) >= 11 is 0. The molecule has 4 fully saturated rings. The van der Waals surface area contributed by atoms with Crippen molar-refractivity contribution < 1.29 is 52.4 Å². The van der Waals surface area contributed by atoms with E-state index < -0.39 is 44.3 Å². The summed E-state index contributed by atoms with van der Waals surface area (Å²) in [5, 5.41) is 22.4. The maximum absolute atomic E-state index is 14.4. The maximum atomic E-state index is 14.4. The first-order valence-electron chi connectivity index (χ1n) is 23.6. The van der Waals surface area contributed by atoms with Crippen molar-refractivity contribution in [3.63, 3.8) is 0 Å². The fourth-order valence-corrected chi connectivity index (χ4v) is 14.2. The molecule has 7 rings (SSSR count). The summed E-state index contributed by atoms with van der Waals surface area (Å²) in [5.74, 6) is -0.323. The number of carbonyl (C=O) groups excluding carboxylic acids is 3. The second-order valence-electron chi connectivity index (χ2n) is 19.7. The molecule has 0 spiro atoms. The van der Waals surface area contributed by atoms with Crippen LogP contribution < -0.4 is 0 Å². The van der Waals surface area contributed by atoms with Crippen LogP contribution in [0, 0.1) is 52.3 Å². The van der Waals surface area contributed by atoms with E-state index in [2.05, 4.69) is 20.8 Å². The molecule has 348 valence electrons. The lowest BCUT2D eigenvalue weighted by Crippen LogP contribution is -2.58. The largest absolute Gasteiger partial charge is 0.461 e. The predicted molar refractivity (Wildman–Crippen MR) is 242 cm³/mol. The first-order valence-corrected chi connectivity index (χ1v) is 25.3. The van der Waals surface area contributed by atoms with E-state index in [1.54, 1.807) is 0 Å². The number of carbonyl (C=O) groups is 3. The van der Waals surface area contributed by atoms with Gasteiger partial charge in [0.05, 0.1) is 37.5 Å². The van der Waals surface area contributed by atoms with Gasteiger partial charge in [-0.3, -0.25) is 18.9 Å². The van der Waals surface area contributed by atoms with Crippen molar-refractivity contribution in [2.24, 2.45) is 52.3 Å². The van der Waals surface area contributed by atoms with Gasteiger partial charge in [-0.2, -0.15) is 0 Å². The fraction of sp³-hybridized carbons (Fsp3) is 0.596. The van der Waals surface area contributed by atoms with Crippen LogP contribution in [-0.2, 0) is 62.0 Å². The molecule has 4 aliphatic carbocycles. The molecule has 0 radical (unpaired) electrons. The highest BCUT2D eigenvalue weighted by atomic mass is 31.2. The Labute approximate surface area is 379 Å². The third kappa shape index (κ3) is 11.6. The van der Waals surface area contributed by atoms with Gasteiger partial charge in [0.2, 0.25) is 6.79 Å². The minimum Gasteiger partial charge on any atom is -0.461 e. The topological polar surface area (TPSA) is 155 Å². The first-order chi connectivity index (χ1) is 30.8. The van der Waals surface area contributed by atoms with Crippen LogP contribution in [0.15, 0.2) is 91.0 Å². The molecule has 12 heteroatoms. The maximum Gasteiger partial charge on any atom is 0.332 e. The van der Waals surface area contributed by atoms with Crippen LogP contribution >= 0.6 is 7.60 Å². The van der Waals surface area contributed by atoms with E-state index in [1.807, 2.05) is 91.0 Å². The summed E-state index contributed by atoms with van der Waals surface area (Å²) in [5.41, 5.74) is 2.29. The van der Waals surface area contributed by atoms with E-state index in [1.165, 1.54) is 6.42 Å². The fourth-order valence-electron chi connectivity index (χ4n) is 12.3. The predicted octanol–water partition coefficient (Wildman–Crippen LogP) is 10.2. The zero-order chi connectivity index (χ0) is 45.3. The van der Waals surface area contributed by atoms with E-state index in [0.29, 0.717) is 30.1 Å². The van der Waals surface area contributed by atoms with Crippen molar-refractivity contribution in [3.05, 3.63) is 108 Å². The Kier molecular flexibility index (Phi) is 16.2. The van der Waals surface area contributed by atoms with Gasteiger partial charge in [0.1, 0.15) is 6.61 Å². The molecule has 2 N–H and O–H groups in total. The molecule has 4 saturated carbocycles. The number of hydrogen-bond acceptors (Lipinski definition) is 11. The molecule has 0 amide bonds. The molecule has 11 nitrogen and oxygen atoms in total. The number of aliphatic hydroxyl groups excluding tert-OH is 2. The zero-order valence-corrected chi connectivity index (χ0v) is 38.8. The SMILES string of the molecule is C[C@H](CCC(=O)OCOC(=O)CC[C@@H](CP(=O)(OCc1ccccc1)OCc1ccccc1)C(=O)OCc1ccccc1)C1CCC2C3CC[C@@H]4C[C@H](O)CC[C@]4(C)C3C[C@H](O)[C@@]21C. The van der Waals surface area contributed by atoms with E-state index in [4.69, 9.17) is 23.3 Å². The summed E-state index contributed by atoms with van der Waals surface area (Å²) in [4.78, 5) is 39.7. The minimum absolute atomic E-state index is 0.0102.